The van der Waals surface area contributed by atoms with Gasteiger partial charge in [0, 0.05) is 54.5 Å². The lowest BCUT2D eigenvalue weighted by Crippen LogP contribution is -2.12. The predicted molar refractivity (Wildman–Crippen MR) is 272 cm³/mol. The van der Waals surface area contributed by atoms with E-state index in [0.29, 0.717) is 0 Å². The number of hydrogen-bond acceptors (Lipinski definition) is 1. The minimum Gasteiger partial charge on any atom is -0.309 e. The van der Waals surface area contributed by atoms with Gasteiger partial charge in [-0.15, -0.1) is 0 Å². The minimum atomic E-state index is 0.0173. The molecule has 65 heavy (non-hydrogen) atoms. The molecule has 0 saturated heterocycles. The molecular formula is C61H37N3O. The van der Waals surface area contributed by atoms with Gasteiger partial charge in [0.1, 0.15) is 0 Å². The van der Waals surface area contributed by atoms with E-state index in [-0.39, 0.29) is 5.56 Å². The Bertz CT molecular complexity index is 4290. The first-order valence-electron chi connectivity index (χ1n) is 22.2. The van der Waals surface area contributed by atoms with Crippen molar-refractivity contribution in [3.05, 3.63) is 235 Å². The van der Waals surface area contributed by atoms with Crippen molar-refractivity contribution in [2.24, 2.45) is 0 Å². The van der Waals surface area contributed by atoms with E-state index in [2.05, 4.69) is 215 Å². The Labute approximate surface area is 373 Å². The van der Waals surface area contributed by atoms with Crippen LogP contribution in [0.3, 0.4) is 0 Å². The third-order valence-corrected chi connectivity index (χ3v) is 13.8. The van der Waals surface area contributed by atoms with Crippen molar-refractivity contribution in [1.82, 2.24) is 13.5 Å². The summed E-state index contributed by atoms with van der Waals surface area (Å²) < 4.78 is 6.71. The third kappa shape index (κ3) is 5.16. The Morgan fingerprint density at radius 1 is 0.277 bits per heavy atom. The van der Waals surface area contributed by atoms with E-state index in [4.69, 9.17) is 0 Å². The van der Waals surface area contributed by atoms with E-state index in [1.54, 1.807) is 0 Å². The van der Waals surface area contributed by atoms with Gasteiger partial charge in [0.2, 0.25) is 0 Å². The van der Waals surface area contributed by atoms with E-state index in [1.165, 1.54) is 49.2 Å². The number of pyridine rings is 1. The summed E-state index contributed by atoms with van der Waals surface area (Å²) in [6, 6.07) is 80.4. The average molecular weight is 828 g/mol. The molecule has 0 unspecified atom stereocenters. The molecule has 4 aromatic heterocycles. The smallest absolute Gasteiger partial charge is 0.263 e. The van der Waals surface area contributed by atoms with Gasteiger partial charge in [-0.2, -0.15) is 0 Å². The molecule has 0 bridgehead atoms. The lowest BCUT2D eigenvalue weighted by Gasteiger charge is -2.11. The quantitative estimate of drug-likeness (QED) is 0.159. The lowest BCUT2D eigenvalue weighted by atomic mass is 9.97. The molecule has 4 heteroatoms. The first kappa shape index (κ1) is 35.8. The monoisotopic (exact) mass is 827 g/mol. The van der Waals surface area contributed by atoms with E-state index in [0.717, 1.165) is 77.1 Å². The molecule has 14 aromatic rings. The predicted octanol–water partition coefficient (Wildman–Crippen LogP) is 15.4. The topological polar surface area (TPSA) is 31.3 Å². The van der Waals surface area contributed by atoms with Crippen molar-refractivity contribution in [3.8, 4) is 44.8 Å². The number of benzene rings is 10. The molecule has 0 saturated carbocycles. The number of fused-ring (bicyclic) bond motifs is 11. The third-order valence-electron chi connectivity index (χ3n) is 13.8. The van der Waals surface area contributed by atoms with E-state index < -0.39 is 0 Å². The Hall–Kier alpha value is -8.73. The fraction of sp³-hybridized carbons (Fsp3) is 0. The van der Waals surface area contributed by atoms with Crippen LogP contribution in [0.2, 0.25) is 0 Å². The van der Waals surface area contributed by atoms with Crippen LogP contribution >= 0.6 is 0 Å². The normalized spacial score (nSPS) is 12.1. The Balaban J connectivity index is 0.905. The number of hydrogen-bond donors (Lipinski definition) is 0. The van der Waals surface area contributed by atoms with Crippen LogP contribution in [0.5, 0.6) is 0 Å². The lowest BCUT2D eigenvalue weighted by molar-refractivity contribution is 1.18. The standard InChI is InChI=1S/C61H37N3O/c65-61-48-20-8-7-18-46(48)52-36-42(38-14-3-1-4-15-38)37-53-51-34-40(28-32-57(51)64(61)60(52)53)39-26-30-44(31-27-39)62-54-23-11-9-19-47(54)50-35-41(29-33-56(50)62)45-22-13-25-58-59(45)49-21-10-12-24-55(49)63(58)43-16-5-2-6-17-43/h1-37H. The number of nitrogens with zero attached hydrogens (tertiary/aromatic N) is 3. The van der Waals surface area contributed by atoms with Crippen LogP contribution in [0.1, 0.15) is 0 Å². The Morgan fingerprint density at radius 2 is 0.769 bits per heavy atom. The molecule has 10 aromatic carbocycles. The minimum absolute atomic E-state index is 0.0173. The second kappa shape index (κ2) is 13.6. The highest BCUT2D eigenvalue weighted by molar-refractivity contribution is 6.22. The van der Waals surface area contributed by atoms with Crippen LogP contribution in [0.4, 0.5) is 0 Å². The molecule has 0 amide bonds. The molecule has 0 fully saturated rings. The first-order chi connectivity index (χ1) is 32.2. The van der Waals surface area contributed by atoms with Crippen LogP contribution in [0, 0.1) is 0 Å². The van der Waals surface area contributed by atoms with Crippen molar-refractivity contribution >= 4 is 81.6 Å². The molecular weight excluding hydrogens is 791 g/mol. The van der Waals surface area contributed by atoms with Gasteiger partial charge < -0.3 is 9.13 Å². The van der Waals surface area contributed by atoms with Gasteiger partial charge in [0.05, 0.1) is 33.1 Å². The molecule has 0 radical (unpaired) electrons. The summed E-state index contributed by atoms with van der Waals surface area (Å²) in [6.45, 7) is 0. The Morgan fingerprint density at radius 3 is 1.55 bits per heavy atom. The number of para-hydroxylation sites is 3. The van der Waals surface area contributed by atoms with E-state index >= 15 is 0 Å². The highest BCUT2D eigenvalue weighted by Crippen LogP contribution is 2.43. The number of aromatic nitrogens is 3. The zero-order valence-electron chi connectivity index (χ0n) is 35.1. The summed E-state index contributed by atoms with van der Waals surface area (Å²) in [6.07, 6.45) is 0. The summed E-state index contributed by atoms with van der Waals surface area (Å²) in [7, 11) is 0. The van der Waals surface area contributed by atoms with Gasteiger partial charge in [-0.25, -0.2) is 0 Å². The van der Waals surface area contributed by atoms with Crippen molar-refractivity contribution in [2.45, 2.75) is 0 Å². The van der Waals surface area contributed by atoms with Crippen molar-refractivity contribution in [3.63, 3.8) is 0 Å². The second-order valence-electron chi connectivity index (χ2n) is 17.2. The SMILES string of the molecule is O=c1c2ccccc2c2cc(-c3ccccc3)cc3c4cc(-c5ccc(-n6c7ccccc7c7cc(-c8cccc9c8c8ccccc8n9-c8ccccc8)ccc76)cc5)ccc4n1c23. The zero-order chi connectivity index (χ0) is 42.8. The van der Waals surface area contributed by atoms with Gasteiger partial charge >= 0.3 is 0 Å². The van der Waals surface area contributed by atoms with Gasteiger partial charge in [-0.1, -0.05) is 140 Å². The van der Waals surface area contributed by atoms with Gasteiger partial charge in [0.25, 0.3) is 5.56 Å². The highest BCUT2D eigenvalue weighted by Gasteiger charge is 2.21. The van der Waals surface area contributed by atoms with E-state index in [9.17, 15) is 4.79 Å². The van der Waals surface area contributed by atoms with Gasteiger partial charge in [-0.3, -0.25) is 9.20 Å². The van der Waals surface area contributed by atoms with Crippen molar-refractivity contribution in [1.29, 1.82) is 0 Å². The summed E-state index contributed by atoms with van der Waals surface area (Å²) in [4.78, 5) is 14.2. The fourth-order valence-corrected chi connectivity index (χ4v) is 10.9. The maximum absolute atomic E-state index is 14.2. The summed E-state index contributed by atoms with van der Waals surface area (Å²) in [5.41, 5.74) is 15.8. The molecule has 4 nitrogen and oxygen atoms in total. The summed E-state index contributed by atoms with van der Waals surface area (Å²) in [5, 5.41) is 9.90. The molecule has 0 atom stereocenters. The van der Waals surface area contributed by atoms with Crippen LogP contribution in [-0.2, 0) is 0 Å². The summed E-state index contributed by atoms with van der Waals surface area (Å²) >= 11 is 0. The van der Waals surface area contributed by atoms with Crippen molar-refractivity contribution in [2.75, 3.05) is 0 Å². The molecule has 0 spiro atoms. The first-order valence-corrected chi connectivity index (χ1v) is 22.2. The van der Waals surface area contributed by atoms with Crippen LogP contribution in [0.25, 0.3) is 126 Å². The zero-order valence-corrected chi connectivity index (χ0v) is 35.1. The van der Waals surface area contributed by atoms with Crippen LogP contribution < -0.4 is 5.56 Å². The highest BCUT2D eigenvalue weighted by atomic mass is 16.1. The molecule has 0 N–H and O–H groups in total. The summed E-state index contributed by atoms with van der Waals surface area (Å²) in [5.74, 6) is 0. The molecule has 14 rings (SSSR count). The van der Waals surface area contributed by atoms with Crippen LogP contribution in [-0.4, -0.2) is 13.5 Å². The maximum atomic E-state index is 14.2. The molecule has 4 heterocycles. The molecule has 0 aliphatic rings. The van der Waals surface area contributed by atoms with Gasteiger partial charge in [-0.05, 0) is 124 Å². The van der Waals surface area contributed by atoms with Crippen molar-refractivity contribution < 1.29 is 0 Å². The molecule has 302 valence electrons. The van der Waals surface area contributed by atoms with E-state index in [1.807, 2.05) is 22.6 Å². The number of rotatable bonds is 5. The largest absolute Gasteiger partial charge is 0.309 e. The van der Waals surface area contributed by atoms with Crippen LogP contribution in [0.15, 0.2) is 229 Å². The molecule has 0 aliphatic carbocycles. The second-order valence-corrected chi connectivity index (χ2v) is 17.2. The maximum Gasteiger partial charge on any atom is 0.263 e. The van der Waals surface area contributed by atoms with Gasteiger partial charge in [0.15, 0.2) is 0 Å². The Kier molecular flexibility index (Phi) is 7.51. The average Bonchev–Trinajstić information content (AvgIpc) is 4.02. The fourth-order valence-electron chi connectivity index (χ4n) is 10.9. The molecule has 0 aliphatic heterocycles.